The van der Waals surface area contributed by atoms with Gasteiger partial charge in [0.1, 0.15) is 5.82 Å². The first-order chi connectivity index (χ1) is 9.13. The molecule has 0 fully saturated rings. The summed E-state index contributed by atoms with van der Waals surface area (Å²) in [5.74, 6) is 0.864. The second-order valence-electron chi connectivity index (χ2n) is 4.61. The molecule has 0 atom stereocenters. The Kier molecular flexibility index (Phi) is 4.56. The Balaban J connectivity index is 2.51. The molecule has 19 heavy (non-hydrogen) atoms. The summed E-state index contributed by atoms with van der Waals surface area (Å²) >= 11 is 6.03. The van der Waals surface area contributed by atoms with Crippen LogP contribution in [0, 0.1) is 0 Å². The third-order valence-electron chi connectivity index (χ3n) is 2.99. The maximum Gasteiger partial charge on any atom is 0.224 e. The zero-order valence-electron chi connectivity index (χ0n) is 11.4. The van der Waals surface area contributed by atoms with Gasteiger partial charge in [-0.2, -0.15) is 4.98 Å². The minimum absolute atomic E-state index is 0.275. The van der Waals surface area contributed by atoms with Crippen molar-refractivity contribution in [1.82, 2.24) is 9.97 Å². The van der Waals surface area contributed by atoms with E-state index >= 15 is 0 Å². The Morgan fingerprint density at radius 2 is 2.00 bits per heavy atom. The number of fused-ring (bicyclic) bond motifs is 1. The average Bonchev–Trinajstić information content (AvgIpc) is 2.38. The molecule has 0 aliphatic rings. The number of methoxy groups -OCH3 is 1. The highest BCUT2D eigenvalue weighted by atomic mass is 35.5. The molecule has 0 N–H and O–H groups in total. The van der Waals surface area contributed by atoms with E-state index in [1.165, 1.54) is 0 Å². The van der Waals surface area contributed by atoms with Crippen LogP contribution in [0.4, 0.5) is 5.82 Å². The van der Waals surface area contributed by atoms with E-state index in [1.807, 2.05) is 24.3 Å². The summed E-state index contributed by atoms with van der Waals surface area (Å²) < 4.78 is 5.17. The fourth-order valence-corrected chi connectivity index (χ4v) is 2.22. The molecule has 0 saturated heterocycles. The lowest BCUT2D eigenvalue weighted by Crippen LogP contribution is -2.34. The lowest BCUT2D eigenvalue weighted by molar-refractivity contribution is 0.203. The van der Waals surface area contributed by atoms with E-state index in [-0.39, 0.29) is 5.28 Å². The molecular formula is C14H18ClN3O. The number of para-hydroxylation sites is 1. The third-order valence-corrected chi connectivity index (χ3v) is 3.16. The lowest BCUT2D eigenvalue weighted by Gasteiger charge is -2.28. The fourth-order valence-electron chi connectivity index (χ4n) is 2.05. The van der Waals surface area contributed by atoms with Crippen LogP contribution in [-0.2, 0) is 4.74 Å². The fraction of sp³-hybridized carbons (Fsp3) is 0.429. The maximum atomic E-state index is 6.03. The van der Waals surface area contributed by atoms with Crippen LogP contribution < -0.4 is 4.90 Å². The third kappa shape index (κ3) is 3.14. The number of halogens is 1. The van der Waals surface area contributed by atoms with Crippen LogP contribution in [0.3, 0.4) is 0 Å². The normalized spacial score (nSPS) is 11.2. The van der Waals surface area contributed by atoms with Crippen molar-refractivity contribution in [2.75, 3.05) is 25.2 Å². The second-order valence-corrected chi connectivity index (χ2v) is 4.95. The Morgan fingerprint density at radius 3 is 2.68 bits per heavy atom. The molecule has 5 heteroatoms. The SMILES string of the molecule is COCCN(c1nc(Cl)nc2ccccc12)C(C)C. The molecule has 1 heterocycles. The zero-order chi connectivity index (χ0) is 13.8. The number of nitrogens with zero attached hydrogens (tertiary/aromatic N) is 3. The standard InChI is InChI=1S/C14H18ClN3O/c1-10(2)18(8-9-19-3)13-11-6-4-5-7-12(11)16-14(15)17-13/h4-7,10H,8-9H2,1-3H3. The van der Waals surface area contributed by atoms with Gasteiger partial charge in [-0.05, 0) is 37.6 Å². The molecule has 0 unspecified atom stereocenters. The van der Waals surface area contributed by atoms with Crippen LogP contribution in [0.15, 0.2) is 24.3 Å². The van der Waals surface area contributed by atoms with Crippen LogP contribution in [0.5, 0.6) is 0 Å². The highest BCUT2D eigenvalue weighted by Crippen LogP contribution is 2.26. The predicted molar refractivity (Wildman–Crippen MR) is 78.9 cm³/mol. The van der Waals surface area contributed by atoms with Crippen molar-refractivity contribution in [3.05, 3.63) is 29.5 Å². The smallest absolute Gasteiger partial charge is 0.224 e. The number of aromatic nitrogens is 2. The van der Waals surface area contributed by atoms with Crippen molar-refractivity contribution in [2.24, 2.45) is 0 Å². The van der Waals surface area contributed by atoms with Crippen molar-refractivity contribution in [3.8, 4) is 0 Å². The van der Waals surface area contributed by atoms with Crippen molar-refractivity contribution < 1.29 is 4.74 Å². The van der Waals surface area contributed by atoms with Crippen molar-refractivity contribution in [2.45, 2.75) is 19.9 Å². The largest absolute Gasteiger partial charge is 0.383 e. The summed E-state index contributed by atoms with van der Waals surface area (Å²) in [4.78, 5) is 10.8. The van der Waals surface area contributed by atoms with Gasteiger partial charge in [0.2, 0.25) is 5.28 Å². The topological polar surface area (TPSA) is 38.2 Å². The Bertz CT molecular complexity index is 559. The molecule has 1 aromatic heterocycles. The van der Waals surface area contributed by atoms with E-state index in [0.717, 1.165) is 23.3 Å². The van der Waals surface area contributed by atoms with E-state index in [0.29, 0.717) is 12.6 Å². The minimum Gasteiger partial charge on any atom is -0.383 e. The van der Waals surface area contributed by atoms with Gasteiger partial charge in [-0.25, -0.2) is 4.98 Å². The molecule has 102 valence electrons. The van der Waals surface area contributed by atoms with Gasteiger partial charge in [0.05, 0.1) is 12.1 Å². The molecule has 2 rings (SSSR count). The number of benzene rings is 1. The van der Waals surface area contributed by atoms with Gasteiger partial charge in [-0.1, -0.05) is 12.1 Å². The summed E-state index contributed by atoms with van der Waals surface area (Å²) in [7, 11) is 1.70. The molecule has 0 amide bonds. The van der Waals surface area contributed by atoms with E-state index in [4.69, 9.17) is 16.3 Å². The number of ether oxygens (including phenoxy) is 1. The van der Waals surface area contributed by atoms with Gasteiger partial charge < -0.3 is 9.64 Å². The first kappa shape index (κ1) is 14.0. The summed E-state index contributed by atoms with van der Waals surface area (Å²) in [6.45, 7) is 5.67. The van der Waals surface area contributed by atoms with E-state index < -0.39 is 0 Å². The van der Waals surface area contributed by atoms with Crippen molar-refractivity contribution in [3.63, 3.8) is 0 Å². The Labute approximate surface area is 118 Å². The second kappa shape index (κ2) is 6.17. The van der Waals surface area contributed by atoms with Gasteiger partial charge in [0.15, 0.2) is 0 Å². The van der Waals surface area contributed by atoms with Crippen molar-refractivity contribution in [1.29, 1.82) is 0 Å². The molecule has 0 saturated carbocycles. The minimum atomic E-state index is 0.275. The molecule has 0 bridgehead atoms. The molecule has 4 nitrogen and oxygen atoms in total. The van der Waals surface area contributed by atoms with Crippen LogP contribution in [0.1, 0.15) is 13.8 Å². The van der Waals surface area contributed by atoms with Gasteiger partial charge in [0, 0.05) is 25.1 Å². The summed E-state index contributed by atoms with van der Waals surface area (Å²) in [5, 5.41) is 1.29. The predicted octanol–water partition coefficient (Wildman–Crippen LogP) is 3.14. The van der Waals surface area contributed by atoms with Gasteiger partial charge in [-0.3, -0.25) is 0 Å². The number of hydrogen-bond acceptors (Lipinski definition) is 4. The Morgan fingerprint density at radius 1 is 1.26 bits per heavy atom. The first-order valence-corrected chi connectivity index (χ1v) is 6.69. The Hall–Kier alpha value is -1.39. The number of anilines is 1. The molecule has 0 radical (unpaired) electrons. The summed E-state index contributed by atoms with van der Waals surface area (Å²) in [5.41, 5.74) is 0.862. The lowest BCUT2D eigenvalue weighted by atomic mass is 10.2. The molecule has 0 aliphatic carbocycles. The van der Waals surface area contributed by atoms with Crippen LogP contribution in [0.2, 0.25) is 5.28 Å². The highest BCUT2D eigenvalue weighted by Gasteiger charge is 2.16. The first-order valence-electron chi connectivity index (χ1n) is 6.31. The van der Waals surface area contributed by atoms with Crippen molar-refractivity contribution >= 4 is 28.3 Å². The quantitative estimate of drug-likeness (QED) is 0.788. The highest BCUT2D eigenvalue weighted by molar-refractivity contribution is 6.28. The van der Waals surface area contributed by atoms with E-state index in [1.54, 1.807) is 7.11 Å². The van der Waals surface area contributed by atoms with Gasteiger partial charge in [0.25, 0.3) is 0 Å². The summed E-state index contributed by atoms with van der Waals surface area (Å²) in [6.07, 6.45) is 0. The zero-order valence-corrected chi connectivity index (χ0v) is 12.2. The van der Waals surface area contributed by atoms with E-state index in [2.05, 4.69) is 28.7 Å². The molecule has 1 aromatic carbocycles. The van der Waals surface area contributed by atoms with Crippen LogP contribution in [0.25, 0.3) is 10.9 Å². The van der Waals surface area contributed by atoms with Crippen LogP contribution >= 0.6 is 11.6 Å². The maximum absolute atomic E-state index is 6.03. The number of rotatable bonds is 5. The average molecular weight is 280 g/mol. The monoisotopic (exact) mass is 279 g/mol. The van der Waals surface area contributed by atoms with E-state index in [9.17, 15) is 0 Å². The van der Waals surface area contributed by atoms with Gasteiger partial charge >= 0.3 is 0 Å². The van der Waals surface area contributed by atoms with Gasteiger partial charge in [-0.15, -0.1) is 0 Å². The van der Waals surface area contributed by atoms with Crippen LogP contribution in [-0.4, -0.2) is 36.3 Å². The number of hydrogen-bond donors (Lipinski definition) is 0. The molecule has 0 aliphatic heterocycles. The molecule has 0 spiro atoms. The molecular weight excluding hydrogens is 262 g/mol. The summed E-state index contributed by atoms with van der Waals surface area (Å²) in [6, 6.07) is 8.21. The molecule has 2 aromatic rings.